The Morgan fingerprint density at radius 3 is 1.36 bits per heavy atom. The van der Waals surface area contributed by atoms with E-state index in [1.165, 1.54) is 75.3 Å². The molecule has 2 aliphatic heterocycles. The summed E-state index contributed by atoms with van der Waals surface area (Å²) in [6.45, 7) is 2.21. The summed E-state index contributed by atoms with van der Waals surface area (Å²) >= 11 is 0. The molecule has 19 nitrogen and oxygen atoms in total. The van der Waals surface area contributed by atoms with Crippen LogP contribution in [0.25, 0.3) is 0 Å². The Hall–Kier alpha value is -2.54. The summed E-state index contributed by atoms with van der Waals surface area (Å²) in [6, 6.07) is 0. The molecule has 4 heterocycles. The van der Waals surface area contributed by atoms with Gasteiger partial charge in [-0.05, 0) is 26.7 Å². The third kappa shape index (κ3) is 17.2. The van der Waals surface area contributed by atoms with Gasteiger partial charge < -0.3 is 34.0 Å². The minimum absolute atomic E-state index is 0.00951. The van der Waals surface area contributed by atoms with Crippen LogP contribution < -0.4 is 22.5 Å². The molecule has 0 radical (unpaired) electrons. The van der Waals surface area contributed by atoms with Crippen LogP contribution >= 0.6 is 15.4 Å². The zero-order valence-electron chi connectivity index (χ0n) is 35.7. The molecule has 2 fully saturated rings. The Morgan fingerprint density at radius 1 is 0.607 bits per heavy atom. The third-order valence-electron chi connectivity index (χ3n) is 11.3. The van der Waals surface area contributed by atoms with Crippen LogP contribution in [0, 0.1) is 13.8 Å². The molecule has 61 heavy (non-hydrogen) atoms. The van der Waals surface area contributed by atoms with Crippen molar-refractivity contribution < 1.29 is 52.2 Å². The minimum Gasteiger partial charge on any atom is -0.394 e. The number of nitrogens with one attached hydrogen (secondary N) is 2. The van der Waals surface area contributed by atoms with Gasteiger partial charge in [0, 0.05) is 42.5 Å². The molecule has 8 atom stereocenters. The number of aryl methyl sites for hydroxylation is 2. The van der Waals surface area contributed by atoms with E-state index in [2.05, 4.69) is 9.97 Å². The molecular formula is C40H68N4O15P2. The molecule has 0 saturated carbocycles. The molecule has 2 aliphatic rings. The van der Waals surface area contributed by atoms with Crippen LogP contribution in [0.5, 0.6) is 0 Å². The quantitative estimate of drug-likeness (QED) is 0.0426. The van der Waals surface area contributed by atoms with E-state index in [1.807, 2.05) is 0 Å². The van der Waals surface area contributed by atoms with E-state index in [-0.39, 0.29) is 25.6 Å². The number of hydrogen-bond acceptors (Lipinski definition) is 13. The molecule has 2 aromatic rings. The second-order valence-electron chi connectivity index (χ2n) is 16.4. The highest BCUT2D eigenvalue weighted by Crippen LogP contribution is 2.49. The van der Waals surface area contributed by atoms with Gasteiger partial charge in [0.25, 0.3) is 11.1 Å². The van der Waals surface area contributed by atoms with Crippen molar-refractivity contribution in [3.8, 4) is 0 Å². The van der Waals surface area contributed by atoms with Crippen molar-refractivity contribution in [2.24, 2.45) is 0 Å². The first kappa shape index (κ1) is 51.1. The Kier molecular flexibility index (Phi) is 21.5. The number of aliphatic hydroxyl groups is 2. The number of phosphoric acid groups is 1. The third-order valence-corrected chi connectivity index (χ3v) is 13.8. The zero-order valence-corrected chi connectivity index (χ0v) is 37.4. The average Bonchev–Trinajstić information content (AvgIpc) is 3.80. The van der Waals surface area contributed by atoms with E-state index < -0.39 is 88.0 Å². The smallest absolute Gasteiger partial charge is 0.394 e. The normalized spacial score (nSPS) is 23.6. The van der Waals surface area contributed by atoms with Crippen molar-refractivity contribution >= 4 is 15.4 Å². The summed E-state index contributed by atoms with van der Waals surface area (Å²) in [7, 11) is -8.36. The van der Waals surface area contributed by atoms with Gasteiger partial charge in [-0.1, -0.05) is 103 Å². The lowest BCUT2D eigenvalue weighted by Crippen LogP contribution is -2.33. The molecule has 0 amide bonds. The maximum atomic E-state index is 12.8. The van der Waals surface area contributed by atoms with Crippen LogP contribution in [0.2, 0.25) is 0 Å². The fourth-order valence-electron chi connectivity index (χ4n) is 7.78. The van der Waals surface area contributed by atoms with E-state index >= 15 is 0 Å². The van der Waals surface area contributed by atoms with Crippen molar-refractivity contribution in [3.05, 3.63) is 65.2 Å². The molecule has 2 unspecified atom stereocenters. The van der Waals surface area contributed by atoms with Gasteiger partial charge in [0.1, 0.15) is 30.8 Å². The van der Waals surface area contributed by atoms with Crippen molar-refractivity contribution in [2.45, 2.75) is 179 Å². The SMILES string of the molecule is Cc1cn([C@H]2C[C@H](OP(=O)(O)CCCCCCCCCCCCCCCCCCCCOP(=O)(O)O[C@H]3C[C@H](n4cc(C)c(=O)[nH]c4=O)O[C@@H]3CO)[C@@H](CO)O2)c(=O)[nH]c1=O. The van der Waals surface area contributed by atoms with Gasteiger partial charge in [-0.15, -0.1) is 0 Å². The summed E-state index contributed by atoms with van der Waals surface area (Å²) in [6.07, 6.45) is 16.4. The number of nitrogens with zero attached hydrogens (tertiary/aromatic N) is 2. The van der Waals surface area contributed by atoms with E-state index in [1.54, 1.807) is 6.92 Å². The average molecular weight is 907 g/mol. The summed E-state index contributed by atoms with van der Waals surface area (Å²) in [5, 5.41) is 19.5. The number of aromatic nitrogens is 4. The highest BCUT2D eigenvalue weighted by atomic mass is 31.2. The number of ether oxygens (including phenoxy) is 2. The van der Waals surface area contributed by atoms with Crippen LogP contribution in [0.4, 0.5) is 0 Å². The molecule has 0 aliphatic carbocycles. The predicted molar refractivity (Wildman–Crippen MR) is 227 cm³/mol. The lowest BCUT2D eigenvalue weighted by atomic mass is 10.0. The highest BCUT2D eigenvalue weighted by Gasteiger charge is 2.42. The predicted octanol–water partition coefficient (Wildman–Crippen LogP) is 5.36. The van der Waals surface area contributed by atoms with Crippen LogP contribution in [0.1, 0.15) is 152 Å². The number of phosphoric ester groups is 1. The number of aliphatic hydroxyl groups excluding tert-OH is 2. The van der Waals surface area contributed by atoms with Gasteiger partial charge in [-0.2, -0.15) is 0 Å². The van der Waals surface area contributed by atoms with Crippen molar-refractivity contribution in [1.82, 2.24) is 19.1 Å². The largest absolute Gasteiger partial charge is 0.472 e. The van der Waals surface area contributed by atoms with Gasteiger partial charge in [-0.3, -0.25) is 42.3 Å². The Bertz CT molecular complexity index is 1830. The molecule has 6 N–H and O–H groups in total. The lowest BCUT2D eigenvalue weighted by molar-refractivity contribution is -0.0464. The first-order valence-corrected chi connectivity index (χ1v) is 25.2. The van der Waals surface area contributed by atoms with Gasteiger partial charge >= 0.3 is 26.8 Å². The number of H-pyrrole nitrogens is 2. The lowest BCUT2D eigenvalue weighted by Gasteiger charge is -2.20. The second kappa shape index (κ2) is 25.7. The van der Waals surface area contributed by atoms with Crippen LogP contribution in [-0.4, -0.2) is 89.5 Å². The minimum atomic E-state index is -4.43. The van der Waals surface area contributed by atoms with Crippen molar-refractivity contribution in [2.75, 3.05) is 26.0 Å². The Balaban J connectivity index is 0.917. The zero-order chi connectivity index (χ0) is 44.4. The van der Waals surface area contributed by atoms with Crippen LogP contribution in [-0.2, 0) is 32.2 Å². The van der Waals surface area contributed by atoms with E-state index in [0.29, 0.717) is 24.0 Å². The van der Waals surface area contributed by atoms with E-state index in [9.17, 15) is 48.3 Å². The van der Waals surface area contributed by atoms with E-state index in [4.69, 9.17) is 23.0 Å². The van der Waals surface area contributed by atoms with Gasteiger partial charge in [0.05, 0.1) is 25.9 Å². The molecule has 4 rings (SSSR count). The van der Waals surface area contributed by atoms with Crippen molar-refractivity contribution in [1.29, 1.82) is 0 Å². The van der Waals surface area contributed by atoms with Crippen molar-refractivity contribution in [3.63, 3.8) is 0 Å². The summed E-state index contributed by atoms with van der Waals surface area (Å²) in [5.41, 5.74) is -1.76. The Labute approximate surface area is 356 Å². The summed E-state index contributed by atoms with van der Waals surface area (Å²) < 4.78 is 55.1. The molecule has 21 heteroatoms. The first-order chi connectivity index (χ1) is 29.1. The van der Waals surface area contributed by atoms with Crippen LogP contribution in [0.3, 0.4) is 0 Å². The number of rotatable bonds is 30. The fourth-order valence-corrected chi connectivity index (χ4v) is 10.1. The summed E-state index contributed by atoms with van der Waals surface area (Å²) in [5.74, 6) is 0. The molecule has 2 aromatic heterocycles. The maximum Gasteiger partial charge on any atom is 0.472 e. The first-order valence-electron chi connectivity index (χ1n) is 22.0. The highest BCUT2D eigenvalue weighted by molar-refractivity contribution is 7.52. The van der Waals surface area contributed by atoms with E-state index in [0.717, 1.165) is 55.9 Å². The number of aromatic amines is 2. The molecule has 0 spiro atoms. The number of unbranched alkanes of at least 4 members (excludes halogenated alkanes) is 17. The Morgan fingerprint density at radius 2 is 0.967 bits per heavy atom. The molecule has 0 bridgehead atoms. The standard InChI is InChI=1S/C40H68N4O15P2/c1-29-25-43(39(49)41-37(29)47)35-23-31(33(27-45)56-35)58-60(51,52)22-20-18-16-14-12-10-8-6-4-3-5-7-9-11-13-15-17-19-21-55-61(53,54)59-32-24-36(57-34(32)28-46)44-26-30(2)38(48)42-40(44)50/h25-26,31-36,45-46H,3-24,27-28H2,1-2H3,(H,51,52)(H,53,54)(H,41,47,49)(H,42,48,50)/t31-,32-,33+,34+,35+,36+/m0/s1. The van der Waals surface area contributed by atoms with Gasteiger partial charge in [0.15, 0.2) is 0 Å². The van der Waals surface area contributed by atoms with Gasteiger partial charge in [0.2, 0.25) is 0 Å². The topological polar surface area (TPSA) is 271 Å². The molecule has 2 saturated heterocycles. The number of hydrogen-bond donors (Lipinski definition) is 6. The summed E-state index contributed by atoms with van der Waals surface area (Å²) in [4.78, 5) is 73.0. The van der Waals surface area contributed by atoms with Gasteiger partial charge in [-0.25, -0.2) is 14.2 Å². The fraction of sp³-hybridized carbons (Fsp3) is 0.800. The molecular weight excluding hydrogens is 838 g/mol. The van der Waals surface area contributed by atoms with Crippen LogP contribution in [0.15, 0.2) is 31.6 Å². The maximum absolute atomic E-state index is 12.8. The monoisotopic (exact) mass is 906 g/mol. The molecule has 348 valence electrons. The molecule has 0 aromatic carbocycles. The second-order valence-corrected chi connectivity index (χ2v) is 19.7.